The van der Waals surface area contributed by atoms with Gasteiger partial charge in [0.15, 0.2) is 11.5 Å². The van der Waals surface area contributed by atoms with Crippen LogP contribution in [0.4, 0.5) is 17.2 Å². The van der Waals surface area contributed by atoms with E-state index in [0.717, 1.165) is 17.6 Å². The van der Waals surface area contributed by atoms with E-state index in [2.05, 4.69) is 15.0 Å². The van der Waals surface area contributed by atoms with Crippen LogP contribution in [0, 0.1) is 0 Å². The lowest BCUT2D eigenvalue weighted by molar-refractivity contribution is 0.174. The van der Waals surface area contributed by atoms with Crippen molar-refractivity contribution < 1.29 is 17.9 Å². The van der Waals surface area contributed by atoms with E-state index in [0.29, 0.717) is 11.5 Å². The molecule has 0 radical (unpaired) electrons. The summed E-state index contributed by atoms with van der Waals surface area (Å²) in [4.78, 5) is 4.02. The predicted octanol–water partition coefficient (Wildman–Crippen LogP) is 1.93. The van der Waals surface area contributed by atoms with Crippen molar-refractivity contribution in [2.75, 3.05) is 23.1 Å². The zero-order valence-corrected chi connectivity index (χ0v) is 12.0. The van der Waals surface area contributed by atoms with E-state index in [1.807, 2.05) is 18.2 Å². The fraction of sp³-hybridized carbons (Fsp3) is 0.154. The van der Waals surface area contributed by atoms with E-state index < -0.39 is 10.0 Å². The van der Waals surface area contributed by atoms with Crippen LogP contribution in [-0.2, 0) is 10.0 Å². The van der Waals surface area contributed by atoms with Crippen molar-refractivity contribution in [2.45, 2.75) is 0 Å². The molecule has 0 aliphatic carbocycles. The standard InChI is InChI=1S/C13H13N3O4S/c1-21(17,18)16-13-5-3-10(7-14-13)15-9-2-4-11-12(6-9)20-8-19-11/h2-7,15H,8H2,1H3,(H,14,16). The number of hydrogen-bond donors (Lipinski definition) is 2. The van der Waals surface area contributed by atoms with Crippen molar-refractivity contribution in [1.29, 1.82) is 0 Å². The summed E-state index contributed by atoms with van der Waals surface area (Å²) in [5, 5.41) is 3.15. The molecule has 7 nitrogen and oxygen atoms in total. The number of nitrogens with zero attached hydrogens (tertiary/aromatic N) is 1. The lowest BCUT2D eigenvalue weighted by atomic mass is 10.2. The van der Waals surface area contributed by atoms with Crippen molar-refractivity contribution in [1.82, 2.24) is 4.98 Å². The molecule has 21 heavy (non-hydrogen) atoms. The third kappa shape index (κ3) is 3.34. The second kappa shape index (κ2) is 5.13. The van der Waals surface area contributed by atoms with E-state index >= 15 is 0 Å². The lowest BCUT2D eigenvalue weighted by Gasteiger charge is -2.08. The van der Waals surface area contributed by atoms with Crippen molar-refractivity contribution >= 4 is 27.2 Å². The number of fused-ring (bicyclic) bond motifs is 1. The number of anilines is 3. The Morgan fingerprint density at radius 3 is 2.57 bits per heavy atom. The molecule has 0 amide bonds. The molecular formula is C13H13N3O4S. The van der Waals surface area contributed by atoms with Gasteiger partial charge in [0, 0.05) is 11.8 Å². The zero-order chi connectivity index (χ0) is 14.9. The van der Waals surface area contributed by atoms with Crippen molar-refractivity contribution in [3.63, 3.8) is 0 Å². The molecule has 110 valence electrons. The molecule has 2 aromatic rings. The Bertz CT molecular complexity index is 759. The van der Waals surface area contributed by atoms with Gasteiger partial charge in [-0.1, -0.05) is 0 Å². The fourth-order valence-electron chi connectivity index (χ4n) is 1.86. The summed E-state index contributed by atoms with van der Waals surface area (Å²) in [6.07, 6.45) is 2.62. The van der Waals surface area contributed by atoms with Crippen molar-refractivity contribution in [3.8, 4) is 11.5 Å². The average molecular weight is 307 g/mol. The van der Waals surface area contributed by atoms with Crippen LogP contribution in [0.15, 0.2) is 36.5 Å². The highest BCUT2D eigenvalue weighted by molar-refractivity contribution is 7.92. The molecule has 0 unspecified atom stereocenters. The lowest BCUT2D eigenvalue weighted by Crippen LogP contribution is -2.10. The molecule has 2 N–H and O–H groups in total. The Morgan fingerprint density at radius 2 is 1.86 bits per heavy atom. The Morgan fingerprint density at radius 1 is 1.10 bits per heavy atom. The van der Waals surface area contributed by atoms with Crippen LogP contribution in [0.2, 0.25) is 0 Å². The maximum Gasteiger partial charge on any atom is 0.231 e. The summed E-state index contributed by atoms with van der Waals surface area (Å²) in [5.41, 5.74) is 1.55. The first-order chi connectivity index (χ1) is 9.99. The highest BCUT2D eigenvalue weighted by Gasteiger charge is 2.13. The van der Waals surface area contributed by atoms with Gasteiger partial charge in [-0.25, -0.2) is 13.4 Å². The number of aromatic nitrogens is 1. The average Bonchev–Trinajstić information content (AvgIpc) is 2.87. The molecule has 0 atom stereocenters. The van der Waals surface area contributed by atoms with Gasteiger partial charge in [-0.3, -0.25) is 4.72 Å². The highest BCUT2D eigenvalue weighted by atomic mass is 32.2. The monoisotopic (exact) mass is 307 g/mol. The molecular weight excluding hydrogens is 294 g/mol. The molecule has 0 fully saturated rings. The van der Waals surface area contributed by atoms with E-state index in [9.17, 15) is 8.42 Å². The Labute approximate surface area is 122 Å². The molecule has 1 aliphatic rings. The molecule has 0 spiro atoms. The van der Waals surface area contributed by atoms with Gasteiger partial charge in [-0.2, -0.15) is 0 Å². The number of benzene rings is 1. The summed E-state index contributed by atoms with van der Waals surface area (Å²) >= 11 is 0. The van der Waals surface area contributed by atoms with Gasteiger partial charge < -0.3 is 14.8 Å². The molecule has 1 aliphatic heterocycles. The first-order valence-electron chi connectivity index (χ1n) is 6.10. The van der Waals surface area contributed by atoms with E-state index in [1.165, 1.54) is 6.20 Å². The molecule has 0 saturated carbocycles. The number of hydrogen-bond acceptors (Lipinski definition) is 6. The van der Waals surface area contributed by atoms with Crippen LogP contribution in [0.25, 0.3) is 0 Å². The molecule has 3 rings (SSSR count). The summed E-state index contributed by atoms with van der Waals surface area (Å²) in [6, 6.07) is 8.81. The smallest absolute Gasteiger partial charge is 0.231 e. The van der Waals surface area contributed by atoms with Crippen LogP contribution >= 0.6 is 0 Å². The van der Waals surface area contributed by atoms with E-state index in [4.69, 9.17) is 9.47 Å². The molecule has 8 heteroatoms. The molecule has 0 saturated heterocycles. The Hall–Kier alpha value is -2.48. The van der Waals surface area contributed by atoms with E-state index in [1.54, 1.807) is 12.1 Å². The zero-order valence-electron chi connectivity index (χ0n) is 11.2. The summed E-state index contributed by atoms with van der Waals surface area (Å²) < 4.78 is 35.0. The molecule has 0 bridgehead atoms. The van der Waals surface area contributed by atoms with Crippen molar-refractivity contribution in [2.24, 2.45) is 0 Å². The minimum Gasteiger partial charge on any atom is -0.454 e. The summed E-state index contributed by atoms with van der Waals surface area (Å²) in [5.74, 6) is 1.67. The Kier molecular flexibility index (Phi) is 3.30. The number of rotatable bonds is 4. The Balaban J connectivity index is 1.73. The molecule has 1 aromatic heterocycles. The minimum atomic E-state index is -3.32. The quantitative estimate of drug-likeness (QED) is 0.897. The number of pyridine rings is 1. The predicted molar refractivity (Wildman–Crippen MR) is 78.6 cm³/mol. The SMILES string of the molecule is CS(=O)(=O)Nc1ccc(Nc2ccc3c(c2)OCO3)cn1. The van der Waals surface area contributed by atoms with E-state index in [-0.39, 0.29) is 12.6 Å². The van der Waals surface area contributed by atoms with Gasteiger partial charge in [-0.05, 0) is 24.3 Å². The van der Waals surface area contributed by atoms with Crippen LogP contribution in [0.1, 0.15) is 0 Å². The second-order valence-electron chi connectivity index (χ2n) is 4.50. The van der Waals surface area contributed by atoms with Crippen LogP contribution < -0.4 is 19.5 Å². The topological polar surface area (TPSA) is 89.6 Å². The third-order valence-corrected chi connectivity index (χ3v) is 3.29. The van der Waals surface area contributed by atoms with Gasteiger partial charge in [0.05, 0.1) is 18.1 Å². The number of ether oxygens (including phenoxy) is 2. The first-order valence-corrected chi connectivity index (χ1v) is 7.99. The molecule has 1 aromatic carbocycles. The maximum atomic E-state index is 11.1. The van der Waals surface area contributed by atoms with Crippen LogP contribution in [-0.4, -0.2) is 26.5 Å². The maximum absolute atomic E-state index is 11.1. The van der Waals surface area contributed by atoms with Crippen LogP contribution in [0.3, 0.4) is 0 Å². The fourth-order valence-corrected chi connectivity index (χ4v) is 2.36. The summed E-state index contributed by atoms with van der Waals surface area (Å²) in [7, 11) is -3.32. The van der Waals surface area contributed by atoms with Crippen LogP contribution in [0.5, 0.6) is 11.5 Å². The largest absolute Gasteiger partial charge is 0.454 e. The molecule has 2 heterocycles. The van der Waals surface area contributed by atoms with Gasteiger partial charge in [0.1, 0.15) is 5.82 Å². The minimum absolute atomic E-state index is 0.228. The van der Waals surface area contributed by atoms with Gasteiger partial charge in [-0.15, -0.1) is 0 Å². The van der Waals surface area contributed by atoms with Crippen molar-refractivity contribution in [3.05, 3.63) is 36.5 Å². The third-order valence-electron chi connectivity index (χ3n) is 2.71. The number of sulfonamides is 1. The van der Waals surface area contributed by atoms with Gasteiger partial charge >= 0.3 is 0 Å². The first kappa shape index (κ1) is 13.5. The summed E-state index contributed by atoms with van der Waals surface area (Å²) in [6.45, 7) is 0.228. The van der Waals surface area contributed by atoms with Gasteiger partial charge in [0.25, 0.3) is 0 Å². The van der Waals surface area contributed by atoms with Gasteiger partial charge in [0.2, 0.25) is 16.8 Å². The normalized spacial score (nSPS) is 13.0. The second-order valence-corrected chi connectivity index (χ2v) is 6.25. The highest BCUT2D eigenvalue weighted by Crippen LogP contribution is 2.35. The number of nitrogens with one attached hydrogen (secondary N) is 2.